The summed E-state index contributed by atoms with van der Waals surface area (Å²) in [6, 6.07) is 0. The van der Waals surface area contributed by atoms with Crippen molar-refractivity contribution >= 4 is 31.9 Å². The van der Waals surface area contributed by atoms with Crippen molar-refractivity contribution < 1.29 is 8.78 Å². The van der Waals surface area contributed by atoms with E-state index in [1.165, 1.54) is 0 Å². The lowest BCUT2D eigenvalue weighted by molar-refractivity contribution is 0.150. The van der Waals surface area contributed by atoms with Gasteiger partial charge in [-0.25, -0.2) is 8.78 Å². The van der Waals surface area contributed by atoms with Gasteiger partial charge in [0.15, 0.2) is 0 Å². The molecule has 1 aromatic rings. The molecule has 2 nitrogen and oxygen atoms in total. The number of pyridine rings is 1. The van der Waals surface area contributed by atoms with Crippen molar-refractivity contribution in [1.82, 2.24) is 4.98 Å². The van der Waals surface area contributed by atoms with Crippen LogP contribution in [0.15, 0.2) is 19.9 Å². The van der Waals surface area contributed by atoms with Gasteiger partial charge in [0.2, 0.25) is 0 Å². The number of nitrogens with one attached hydrogen (secondary N) is 1. The van der Waals surface area contributed by atoms with E-state index in [1.54, 1.807) is 0 Å². The highest BCUT2D eigenvalue weighted by Gasteiger charge is 2.15. The van der Waals surface area contributed by atoms with Gasteiger partial charge in [-0.15, -0.1) is 0 Å². The van der Waals surface area contributed by atoms with Crippen molar-refractivity contribution in [3.8, 4) is 0 Å². The van der Waals surface area contributed by atoms with E-state index in [4.69, 9.17) is 0 Å². The Morgan fingerprint density at radius 2 is 1.92 bits per heavy atom. The molecule has 66 valence electrons. The molecule has 0 spiro atoms. The molecule has 0 saturated heterocycles. The predicted molar refractivity (Wildman–Crippen MR) is 47.4 cm³/mol. The smallest absolute Gasteiger partial charge is 0.266 e. The van der Waals surface area contributed by atoms with Gasteiger partial charge >= 0.3 is 0 Å². The van der Waals surface area contributed by atoms with Crippen molar-refractivity contribution in [2.24, 2.45) is 0 Å². The van der Waals surface area contributed by atoms with Crippen LogP contribution in [0.4, 0.5) is 8.78 Å². The molecule has 0 aliphatic rings. The monoisotopic (exact) mass is 301 g/mol. The summed E-state index contributed by atoms with van der Waals surface area (Å²) in [4.78, 5) is 13.0. The first-order valence-corrected chi connectivity index (χ1v) is 4.47. The number of alkyl halides is 2. The molecule has 0 unspecified atom stereocenters. The number of rotatable bonds is 1. The molecular weight excluding hydrogens is 300 g/mol. The second kappa shape index (κ2) is 3.66. The minimum Gasteiger partial charge on any atom is -0.328 e. The van der Waals surface area contributed by atoms with Crippen LogP contribution < -0.4 is 5.56 Å². The zero-order valence-corrected chi connectivity index (χ0v) is 8.75. The summed E-state index contributed by atoms with van der Waals surface area (Å²) in [6.07, 6.45) is -1.62. The van der Waals surface area contributed by atoms with Gasteiger partial charge < -0.3 is 4.98 Å². The van der Waals surface area contributed by atoms with E-state index < -0.39 is 12.0 Å². The molecule has 12 heavy (non-hydrogen) atoms. The molecule has 0 amide bonds. The second-order valence-corrected chi connectivity index (χ2v) is 3.59. The first-order chi connectivity index (χ1) is 5.54. The normalized spacial score (nSPS) is 10.8. The molecule has 0 aromatic carbocycles. The van der Waals surface area contributed by atoms with Crippen molar-refractivity contribution in [2.45, 2.75) is 6.43 Å². The Kier molecular flexibility index (Phi) is 3.00. The molecule has 0 bridgehead atoms. The van der Waals surface area contributed by atoms with E-state index >= 15 is 0 Å². The molecule has 0 saturated carbocycles. The Bertz CT molecular complexity index is 350. The van der Waals surface area contributed by atoms with Crippen molar-refractivity contribution in [3.05, 3.63) is 31.1 Å². The third-order valence-electron chi connectivity index (χ3n) is 1.24. The average molecular weight is 303 g/mol. The number of H-pyrrole nitrogens is 1. The molecule has 1 heterocycles. The molecule has 1 N–H and O–H groups in total. The first-order valence-electron chi connectivity index (χ1n) is 2.88. The highest BCUT2D eigenvalue weighted by atomic mass is 79.9. The van der Waals surface area contributed by atoms with E-state index in [1.807, 2.05) is 0 Å². The Labute approximate surface area is 83.2 Å². The summed E-state index contributed by atoms with van der Waals surface area (Å²) < 4.78 is 24.5. The highest BCUT2D eigenvalue weighted by molar-refractivity contribution is 9.13. The zero-order chi connectivity index (χ0) is 9.30. The van der Waals surface area contributed by atoms with E-state index in [-0.39, 0.29) is 14.5 Å². The van der Waals surface area contributed by atoms with Crippen LogP contribution in [0.2, 0.25) is 0 Å². The Morgan fingerprint density at radius 1 is 1.33 bits per heavy atom. The lowest BCUT2D eigenvalue weighted by Gasteiger charge is -2.02. The molecule has 0 atom stereocenters. The molecule has 1 aromatic heterocycles. The minimum atomic E-state index is -2.60. The van der Waals surface area contributed by atoms with E-state index in [0.29, 0.717) is 0 Å². The van der Waals surface area contributed by atoms with E-state index in [0.717, 1.165) is 6.20 Å². The summed E-state index contributed by atoms with van der Waals surface area (Å²) >= 11 is 5.76. The number of hydrogen-bond acceptors (Lipinski definition) is 1. The van der Waals surface area contributed by atoms with Crippen LogP contribution in [-0.4, -0.2) is 4.98 Å². The van der Waals surface area contributed by atoms with Gasteiger partial charge in [0.25, 0.3) is 12.0 Å². The zero-order valence-electron chi connectivity index (χ0n) is 5.57. The summed E-state index contributed by atoms with van der Waals surface area (Å²) in [7, 11) is 0. The maximum atomic E-state index is 12.2. The van der Waals surface area contributed by atoms with Gasteiger partial charge in [0, 0.05) is 16.2 Å². The fourth-order valence-corrected chi connectivity index (χ4v) is 1.47. The Hall–Kier alpha value is -0.230. The molecule has 1 rings (SSSR count). The molecule has 0 aliphatic heterocycles. The van der Waals surface area contributed by atoms with Crippen LogP contribution in [-0.2, 0) is 0 Å². The maximum Gasteiger partial charge on any atom is 0.266 e. The summed E-state index contributed by atoms with van der Waals surface area (Å²) in [5.41, 5.74) is -0.673. The van der Waals surface area contributed by atoms with Crippen LogP contribution >= 0.6 is 31.9 Å². The van der Waals surface area contributed by atoms with Crippen molar-refractivity contribution in [2.75, 3.05) is 0 Å². The lowest BCUT2D eigenvalue weighted by atomic mass is 10.3. The maximum absolute atomic E-state index is 12.2. The predicted octanol–water partition coefficient (Wildman–Crippen LogP) is 2.84. The van der Waals surface area contributed by atoms with Crippen LogP contribution in [0.25, 0.3) is 0 Å². The summed E-state index contributed by atoms with van der Waals surface area (Å²) in [6.45, 7) is 0. The largest absolute Gasteiger partial charge is 0.328 e. The van der Waals surface area contributed by atoms with Crippen LogP contribution in [0, 0.1) is 0 Å². The number of aromatic amines is 1. The second-order valence-electron chi connectivity index (χ2n) is 2.00. The first kappa shape index (κ1) is 9.85. The van der Waals surface area contributed by atoms with Crippen LogP contribution in [0.3, 0.4) is 0 Å². The van der Waals surface area contributed by atoms with Gasteiger partial charge in [-0.3, -0.25) is 4.79 Å². The fourth-order valence-electron chi connectivity index (χ4n) is 0.655. The molecular formula is C6H3Br2F2NO. The van der Waals surface area contributed by atoms with E-state index in [9.17, 15) is 13.6 Å². The molecule has 6 heteroatoms. The number of hydrogen-bond donors (Lipinski definition) is 1. The third-order valence-corrected chi connectivity index (χ3v) is 3.38. The number of aromatic nitrogens is 1. The summed E-state index contributed by atoms with van der Waals surface area (Å²) in [5, 5.41) is 0. The lowest BCUT2D eigenvalue weighted by Crippen LogP contribution is -2.08. The fraction of sp³-hybridized carbons (Fsp3) is 0.167. The minimum absolute atomic E-state index is 0.0836. The standard InChI is InChI=1S/C6H3Br2F2NO/c7-3-2(5(9)10)1-11-6(12)4(3)8/h1,5H,(H,11,12). The highest BCUT2D eigenvalue weighted by Crippen LogP contribution is 2.29. The van der Waals surface area contributed by atoms with Gasteiger partial charge in [0.05, 0.1) is 4.47 Å². The van der Waals surface area contributed by atoms with Crippen LogP contribution in [0.5, 0.6) is 0 Å². The van der Waals surface area contributed by atoms with E-state index in [2.05, 4.69) is 36.8 Å². The quantitative estimate of drug-likeness (QED) is 0.850. The van der Waals surface area contributed by atoms with Gasteiger partial charge in [-0.1, -0.05) is 0 Å². The Balaban J connectivity index is 3.36. The van der Waals surface area contributed by atoms with Crippen molar-refractivity contribution in [1.29, 1.82) is 0 Å². The van der Waals surface area contributed by atoms with Gasteiger partial charge in [-0.05, 0) is 31.9 Å². The topological polar surface area (TPSA) is 32.9 Å². The van der Waals surface area contributed by atoms with Crippen LogP contribution in [0.1, 0.15) is 12.0 Å². The number of halogens is 4. The molecule has 0 aliphatic carbocycles. The SMILES string of the molecule is O=c1[nH]cc(C(F)F)c(Br)c1Br. The molecule has 0 radical (unpaired) electrons. The average Bonchev–Trinajstić information content (AvgIpc) is 2.00. The van der Waals surface area contributed by atoms with Crippen molar-refractivity contribution in [3.63, 3.8) is 0 Å². The third kappa shape index (κ3) is 1.74. The Morgan fingerprint density at radius 3 is 2.42 bits per heavy atom. The van der Waals surface area contributed by atoms with Gasteiger partial charge in [-0.2, -0.15) is 0 Å². The summed E-state index contributed by atoms with van der Waals surface area (Å²) in [5.74, 6) is 0. The molecule has 0 fully saturated rings. The van der Waals surface area contributed by atoms with Gasteiger partial charge in [0.1, 0.15) is 0 Å².